The molecule has 0 spiro atoms. The van der Waals surface area contributed by atoms with Crippen molar-refractivity contribution in [2.45, 2.75) is 19.8 Å². The van der Waals surface area contributed by atoms with Crippen LogP contribution in [-0.2, 0) is 20.5 Å². The van der Waals surface area contributed by atoms with Crippen molar-refractivity contribution >= 4 is 11.0 Å². The lowest BCUT2D eigenvalue weighted by atomic mass is 10.2. The predicted molar refractivity (Wildman–Crippen MR) is 83.2 cm³/mol. The molecule has 3 aromatic rings. The van der Waals surface area contributed by atoms with Crippen LogP contribution < -0.4 is 5.56 Å². The Balaban J connectivity index is 2.35. The second kappa shape index (κ2) is 5.16. The first-order valence-electron chi connectivity index (χ1n) is 7.11. The summed E-state index contributed by atoms with van der Waals surface area (Å²) in [6, 6.07) is 9.77. The van der Waals surface area contributed by atoms with Gasteiger partial charge in [0, 0.05) is 19.7 Å². The monoisotopic (exact) mass is 282 g/mol. The maximum Gasteiger partial charge on any atom is 0.279 e. The molecule has 0 atom stereocenters. The van der Waals surface area contributed by atoms with Gasteiger partial charge in [0.15, 0.2) is 5.52 Å². The summed E-state index contributed by atoms with van der Waals surface area (Å²) in [5.74, 6) is 0.679. The van der Waals surface area contributed by atoms with Crippen LogP contribution in [0.25, 0.3) is 22.4 Å². The topological polar surface area (TPSA) is 52.7 Å². The molecule has 0 fully saturated rings. The van der Waals surface area contributed by atoms with E-state index in [4.69, 9.17) is 4.98 Å². The lowest BCUT2D eigenvalue weighted by molar-refractivity contribution is 0.745. The highest BCUT2D eigenvalue weighted by Gasteiger charge is 2.17. The zero-order chi connectivity index (χ0) is 15.0. The molecule has 0 aliphatic rings. The number of hydrogen-bond donors (Lipinski definition) is 0. The molecule has 0 saturated heterocycles. The van der Waals surface area contributed by atoms with Gasteiger partial charge in [0.25, 0.3) is 5.56 Å². The smallest absolute Gasteiger partial charge is 0.279 e. The lowest BCUT2D eigenvalue weighted by Crippen LogP contribution is -2.21. The van der Waals surface area contributed by atoms with Crippen LogP contribution in [0.15, 0.2) is 35.1 Å². The summed E-state index contributed by atoms with van der Waals surface area (Å²) in [6.45, 7) is 2.10. The Morgan fingerprint density at radius 1 is 1.14 bits per heavy atom. The van der Waals surface area contributed by atoms with Crippen molar-refractivity contribution in [3.63, 3.8) is 0 Å². The number of nitrogens with zero attached hydrogens (tertiary/aromatic N) is 4. The summed E-state index contributed by atoms with van der Waals surface area (Å²) in [4.78, 5) is 17.3. The van der Waals surface area contributed by atoms with Crippen molar-refractivity contribution in [3.05, 3.63) is 46.4 Å². The minimum atomic E-state index is -0.0591. The minimum absolute atomic E-state index is 0.0591. The predicted octanol–water partition coefficient (Wildman–Crippen LogP) is 2.29. The zero-order valence-electron chi connectivity index (χ0n) is 12.5. The zero-order valence-corrected chi connectivity index (χ0v) is 12.5. The average molecular weight is 282 g/mol. The molecule has 0 N–H and O–H groups in total. The Hall–Kier alpha value is -2.43. The van der Waals surface area contributed by atoms with Gasteiger partial charge in [-0.05, 0) is 6.42 Å². The van der Waals surface area contributed by atoms with Crippen LogP contribution in [0.2, 0.25) is 0 Å². The number of fused-ring (bicyclic) bond motifs is 1. The standard InChI is InChI=1S/C16H18N4O/c1-4-8-12-13-14(20(3)18-12)16(21)19(2)15(17-13)11-9-6-5-7-10-11/h5-7,9-10H,4,8H2,1-3H3. The molecule has 21 heavy (non-hydrogen) atoms. The molecule has 3 rings (SSSR count). The molecule has 5 nitrogen and oxygen atoms in total. The molecule has 0 bridgehead atoms. The van der Waals surface area contributed by atoms with Crippen LogP contribution in [0.1, 0.15) is 19.0 Å². The van der Waals surface area contributed by atoms with Gasteiger partial charge in [0.05, 0.1) is 5.69 Å². The minimum Gasteiger partial charge on any atom is -0.294 e. The van der Waals surface area contributed by atoms with Gasteiger partial charge in [-0.25, -0.2) is 4.98 Å². The Bertz CT molecular complexity index is 846. The van der Waals surface area contributed by atoms with Gasteiger partial charge >= 0.3 is 0 Å². The second-order valence-electron chi connectivity index (χ2n) is 5.18. The third kappa shape index (κ3) is 2.14. The van der Waals surface area contributed by atoms with E-state index in [0.717, 1.165) is 29.6 Å². The molecule has 0 aliphatic carbocycles. The largest absolute Gasteiger partial charge is 0.294 e. The lowest BCUT2D eigenvalue weighted by Gasteiger charge is -2.08. The van der Waals surface area contributed by atoms with Crippen LogP contribution in [0.4, 0.5) is 0 Å². The fourth-order valence-corrected chi connectivity index (χ4v) is 2.61. The van der Waals surface area contributed by atoms with Gasteiger partial charge in [0.2, 0.25) is 0 Å². The van der Waals surface area contributed by atoms with E-state index in [1.807, 2.05) is 30.3 Å². The van der Waals surface area contributed by atoms with Crippen LogP contribution in [0.5, 0.6) is 0 Å². The summed E-state index contributed by atoms with van der Waals surface area (Å²) in [5, 5.41) is 4.46. The van der Waals surface area contributed by atoms with Crippen molar-refractivity contribution in [1.82, 2.24) is 19.3 Å². The molecule has 0 amide bonds. The Kier molecular flexibility index (Phi) is 3.33. The van der Waals surface area contributed by atoms with E-state index < -0.39 is 0 Å². The summed E-state index contributed by atoms with van der Waals surface area (Å²) >= 11 is 0. The van der Waals surface area contributed by atoms with Gasteiger partial charge in [-0.1, -0.05) is 43.7 Å². The molecular weight excluding hydrogens is 264 g/mol. The number of aromatic nitrogens is 4. The molecule has 0 radical (unpaired) electrons. The third-order valence-corrected chi connectivity index (χ3v) is 3.65. The summed E-state index contributed by atoms with van der Waals surface area (Å²) in [6.07, 6.45) is 1.80. The molecule has 1 aromatic carbocycles. The SMILES string of the molecule is CCCc1nn(C)c2c(=O)n(C)c(-c3ccccc3)nc12. The average Bonchev–Trinajstić information content (AvgIpc) is 2.80. The van der Waals surface area contributed by atoms with Gasteiger partial charge in [-0.15, -0.1) is 0 Å². The summed E-state index contributed by atoms with van der Waals surface area (Å²) in [5.41, 5.74) is 3.06. The molecule has 108 valence electrons. The maximum atomic E-state index is 12.6. The molecule has 0 unspecified atom stereocenters. The van der Waals surface area contributed by atoms with E-state index in [-0.39, 0.29) is 5.56 Å². The van der Waals surface area contributed by atoms with Crippen LogP contribution in [0.3, 0.4) is 0 Å². The van der Waals surface area contributed by atoms with Crippen LogP contribution in [-0.4, -0.2) is 19.3 Å². The van der Waals surface area contributed by atoms with E-state index in [1.165, 1.54) is 0 Å². The van der Waals surface area contributed by atoms with E-state index in [2.05, 4.69) is 12.0 Å². The van der Waals surface area contributed by atoms with Crippen molar-refractivity contribution in [2.24, 2.45) is 14.1 Å². The van der Waals surface area contributed by atoms with Gasteiger partial charge < -0.3 is 0 Å². The fourth-order valence-electron chi connectivity index (χ4n) is 2.61. The van der Waals surface area contributed by atoms with Crippen LogP contribution in [0, 0.1) is 0 Å². The van der Waals surface area contributed by atoms with Gasteiger partial charge in [0.1, 0.15) is 11.3 Å². The Morgan fingerprint density at radius 2 is 1.86 bits per heavy atom. The molecule has 0 saturated carbocycles. The summed E-state index contributed by atoms with van der Waals surface area (Å²) in [7, 11) is 3.55. The maximum absolute atomic E-state index is 12.6. The molecule has 0 aliphatic heterocycles. The summed E-state index contributed by atoms with van der Waals surface area (Å²) < 4.78 is 3.24. The molecule has 5 heteroatoms. The van der Waals surface area contributed by atoms with Crippen molar-refractivity contribution in [3.8, 4) is 11.4 Å². The van der Waals surface area contributed by atoms with E-state index in [9.17, 15) is 4.79 Å². The highest BCUT2D eigenvalue weighted by atomic mass is 16.1. The quantitative estimate of drug-likeness (QED) is 0.740. The first-order valence-corrected chi connectivity index (χ1v) is 7.11. The van der Waals surface area contributed by atoms with Gasteiger partial charge in [-0.3, -0.25) is 14.0 Å². The van der Waals surface area contributed by atoms with Gasteiger partial charge in [-0.2, -0.15) is 5.10 Å². The van der Waals surface area contributed by atoms with E-state index in [1.54, 1.807) is 23.3 Å². The van der Waals surface area contributed by atoms with E-state index >= 15 is 0 Å². The molecule has 2 heterocycles. The van der Waals surface area contributed by atoms with E-state index in [0.29, 0.717) is 11.3 Å². The fraction of sp³-hybridized carbons (Fsp3) is 0.312. The number of rotatable bonds is 3. The first kappa shape index (κ1) is 13.5. The molecule has 2 aromatic heterocycles. The third-order valence-electron chi connectivity index (χ3n) is 3.65. The van der Waals surface area contributed by atoms with Crippen LogP contribution >= 0.6 is 0 Å². The Labute approximate surface area is 122 Å². The normalized spacial score (nSPS) is 11.2. The number of hydrogen-bond acceptors (Lipinski definition) is 3. The van der Waals surface area contributed by atoms with Crippen molar-refractivity contribution < 1.29 is 0 Å². The highest BCUT2D eigenvalue weighted by molar-refractivity contribution is 5.79. The Morgan fingerprint density at radius 3 is 2.52 bits per heavy atom. The number of benzene rings is 1. The molecular formula is C16H18N4O. The van der Waals surface area contributed by atoms with Crippen molar-refractivity contribution in [2.75, 3.05) is 0 Å². The van der Waals surface area contributed by atoms with Crippen molar-refractivity contribution in [1.29, 1.82) is 0 Å². The second-order valence-corrected chi connectivity index (χ2v) is 5.18. The highest BCUT2D eigenvalue weighted by Crippen LogP contribution is 2.20. The number of aryl methyl sites for hydroxylation is 2. The first-order chi connectivity index (χ1) is 10.1.